The van der Waals surface area contributed by atoms with Gasteiger partial charge in [-0.2, -0.15) is 0 Å². The van der Waals surface area contributed by atoms with Crippen molar-refractivity contribution in [2.45, 2.75) is 0 Å². The van der Waals surface area contributed by atoms with Crippen molar-refractivity contribution in [2.24, 2.45) is 11.6 Å². The Morgan fingerprint density at radius 2 is 1.69 bits per heavy atom. The van der Waals surface area contributed by atoms with E-state index in [1.807, 2.05) is 0 Å². The molecule has 29 heavy (non-hydrogen) atoms. The zero-order valence-electron chi connectivity index (χ0n) is 16.5. The highest BCUT2D eigenvalue weighted by molar-refractivity contribution is 6.21. The van der Waals surface area contributed by atoms with Crippen LogP contribution in [0, 0.1) is 0 Å². The maximum Gasteiger partial charge on any atom is 0.508 e. The number of ketones is 2. The average molecular weight is 413 g/mol. The van der Waals surface area contributed by atoms with E-state index in [-0.39, 0.29) is 23.5 Å². The maximum absolute atomic E-state index is 12.2. The lowest BCUT2D eigenvalue weighted by Crippen LogP contribution is -2.31. The number of methoxy groups -OCH3 is 2. The Hall–Kier alpha value is -2.73. The van der Waals surface area contributed by atoms with Gasteiger partial charge in [-0.05, 0) is 12.2 Å². The van der Waals surface area contributed by atoms with E-state index < -0.39 is 17.7 Å². The Balaban J connectivity index is 2.44. The summed E-state index contributed by atoms with van der Waals surface area (Å²) in [6, 6.07) is 0. The van der Waals surface area contributed by atoms with Gasteiger partial charge in [0, 0.05) is 18.9 Å². The fraction of sp³-hybridized carbons (Fsp3) is 0.500. The Kier molecular flexibility index (Phi) is 11.3. The molecule has 0 heterocycles. The van der Waals surface area contributed by atoms with Crippen LogP contribution in [0.15, 0.2) is 35.2 Å². The lowest BCUT2D eigenvalue weighted by Gasteiger charge is -2.17. The van der Waals surface area contributed by atoms with E-state index in [1.54, 1.807) is 7.11 Å². The van der Waals surface area contributed by atoms with E-state index in [4.69, 9.17) is 25.8 Å². The lowest BCUT2D eigenvalue weighted by atomic mass is 9.96. The number of hydrogen-bond donors (Lipinski definition) is 2. The van der Waals surface area contributed by atoms with Gasteiger partial charge in [0.15, 0.2) is 11.6 Å². The van der Waals surface area contributed by atoms with Gasteiger partial charge in [-0.3, -0.25) is 9.59 Å². The van der Waals surface area contributed by atoms with Crippen LogP contribution < -0.4 is 11.6 Å². The summed E-state index contributed by atoms with van der Waals surface area (Å²) in [6.07, 6.45) is 2.52. The molecule has 0 spiro atoms. The van der Waals surface area contributed by atoms with Gasteiger partial charge in [0.05, 0.1) is 58.0 Å². The number of hydrogen-bond acceptors (Lipinski definition) is 11. The summed E-state index contributed by atoms with van der Waals surface area (Å²) < 4.78 is 24.4. The highest BCUT2D eigenvalue weighted by Gasteiger charge is 2.23. The topological polar surface area (TPSA) is 153 Å². The Morgan fingerprint density at radius 3 is 2.34 bits per heavy atom. The van der Waals surface area contributed by atoms with Crippen LogP contribution in [0.3, 0.4) is 0 Å². The number of carbonyl (C=O) groups excluding carboxylic acids is 3. The number of allylic oxidation sites excluding steroid dienone is 3. The van der Waals surface area contributed by atoms with Crippen LogP contribution in [-0.4, -0.2) is 83.1 Å². The molecule has 11 nitrogen and oxygen atoms in total. The van der Waals surface area contributed by atoms with E-state index in [0.717, 1.165) is 19.3 Å². The minimum atomic E-state index is -0.956. The van der Waals surface area contributed by atoms with Gasteiger partial charge in [0.2, 0.25) is 0 Å². The number of nitrogens with zero attached hydrogens (tertiary/aromatic N) is 1. The summed E-state index contributed by atoms with van der Waals surface area (Å²) >= 11 is 0. The van der Waals surface area contributed by atoms with Gasteiger partial charge in [-0.25, -0.2) is 10.6 Å². The number of hydrazine groups is 1. The highest BCUT2D eigenvalue weighted by atomic mass is 16.7. The van der Waals surface area contributed by atoms with Crippen molar-refractivity contribution in [2.75, 3.05) is 60.4 Å². The molecule has 0 aromatic carbocycles. The first kappa shape index (κ1) is 24.3. The standard InChI is InChI=1S/C18H27N3O8/c1-25-5-6-28-8-7-27-4-3-21(20)11-15(19)14-10-16(22)13(9-17(14)23)12-29-18(24)26-2/h9-11H,3-8,12,19-20H2,1-2H3/b15-11-. The summed E-state index contributed by atoms with van der Waals surface area (Å²) in [5.41, 5.74) is 5.92. The molecule has 0 bridgehead atoms. The van der Waals surface area contributed by atoms with E-state index in [0.29, 0.717) is 39.6 Å². The average Bonchev–Trinajstić information content (AvgIpc) is 2.69. The molecule has 1 rings (SSSR count). The van der Waals surface area contributed by atoms with Gasteiger partial charge < -0.3 is 34.4 Å². The van der Waals surface area contributed by atoms with Crippen LogP contribution >= 0.6 is 0 Å². The molecule has 0 aliphatic heterocycles. The quantitative estimate of drug-likeness (QED) is 0.131. The fourth-order valence-corrected chi connectivity index (χ4v) is 2.08. The molecular formula is C18H27N3O8. The van der Waals surface area contributed by atoms with Crippen LogP contribution in [-0.2, 0) is 33.3 Å². The third-order valence-corrected chi connectivity index (χ3v) is 3.59. The van der Waals surface area contributed by atoms with Crippen molar-refractivity contribution in [3.63, 3.8) is 0 Å². The first-order valence-corrected chi connectivity index (χ1v) is 8.74. The SMILES string of the molecule is COCCOCCOCCN(N)/C=C(\N)C1=CC(=O)C(COC(=O)OC)=CC1=O. The largest absolute Gasteiger partial charge is 0.508 e. The first-order chi connectivity index (χ1) is 13.9. The smallest absolute Gasteiger partial charge is 0.438 e. The molecule has 1 aliphatic carbocycles. The van der Waals surface area contributed by atoms with Gasteiger partial charge in [0.25, 0.3) is 0 Å². The molecule has 162 valence electrons. The Morgan fingerprint density at radius 1 is 1.03 bits per heavy atom. The molecule has 1 aliphatic rings. The summed E-state index contributed by atoms with van der Waals surface area (Å²) in [6.45, 7) is 2.10. The normalized spacial score (nSPS) is 14.4. The minimum absolute atomic E-state index is 0.000250. The highest BCUT2D eigenvalue weighted by Crippen LogP contribution is 2.16. The first-order valence-electron chi connectivity index (χ1n) is 8.74. The van der Waals surface area contributed by atoms with Crippen LogP contribution in [0.25, 0.3) is 0 Å². The van der Waals surface area contributed by atoms with Crippen LogP contribution in [0.2, 0.25) is 0 Å². The van der Waals surface area contributed by atoms with Gasteiger partial charge >= 0.3 is 6.16 Å². The maximum atomic E-state index is 12.2. The molecule has 0 radical (unpaired) electrons. The van der Waals surface area contributed by atoms with E-state index in [1.165, 1.54) is 11.2 Å². The van der Waals surface area contributed by atoms with Crippen LogP contribution in [0.4, 0.5) is 4.79 Å². The molecular weight excluding hydrogens is 386 g/mol. The second-order valence-corrected chi connectivity index (χ2v) is 5.74. The van der Waals surface area contributed by atoms with Crippen molar-refractivity contribution in [3.05, 3.63) is 35.2 Å². The molecule has 11 heteroatoms. The molecule has 0 fully saturated rings. The van der Waals surface area contributed by atoms with Crippen molar-refractivity contribution < 1.29 is 38.1 Å². The second kappa shape index (κ2) is 13.4. The monoisotopic (exact) mass is 413 g/mol. The number of carbonyl (C=O) groups is 3. The molecule has 0 aromatic rings. The van der Waals surface area contributed by atoms with E-state index in [2.05, 4.69) is 9.47 Å². The second-order valence-electron chi connectivity index (χ2n) is 5.74. The molecule has 0 unspecified atom stereocenters. The Bertz CT molecular complexity index is 672. The predicted molar refractivity (Wildman–Crippen MR) is 101 cm³/mol. The minimum Gasteiger partial charge on any atom is -0.438 e. The molecule has 0 atom stereocenters. The zero-order chi connectivity index (χ0) is 21.6. The van der Waals surface area contributed by atoms with E-state index >= 15 is 0 Å². The summed E-state index contributed by atoms with van der Waals surface area (Å²) in [5, 5.41) is 1.25. The number of nitrogens with two attached hydrogens (primary N) is 2. The Labute approximate surface area is 168 Å². The summed E-state index contributed by atoms with van der Waals surface area (Å²) in [7, 11) is 2.73. The van der Waals surface area contributed by atoms with Crippen molar-refractivity contribution in [3.8, 4) is 0 Å². The molecule has 0 amide bonds. The van der Waals surface area contributed by atoms with Crippen LogP contribution in [0.1, 0.15) is 0 Å². The third-order valence-electron chi connectivity index (χ3n) is 3.59. The lowest BCUT2D eigenvalue weighted by molar-refractivity contribution is -0.115. The van der Waals surface area contributed by atoms with Gasteiger partial charge in [-0.15, -0.1) is 0 Å². The van der Waals surface area contributed by atoms with Crippen molar-refractivity contribution in [1.82, 2.24) is 5.01 Å². The van der Waals surface area contributed by atoms with E-state index in [9.17, 15) is 14.4 Å². The summed E-state index contributed by atoms with van der Waals surface area (Å²) in [5.74, 6) is 4.80. The van der Waals surface area contributed by atoms with Crippen molar-refractivity contribution in [1.29, 1.82) is 0 Å². The fourth-order valence-electron chi connectivity index (χ4n) is 2.08. The van der Waals surface area contributed by atoms with Crippen molar-refractivity contribution >= 4 is 17.7 Å². The number of rotatable bonds is 13. The van der Waals surface area contributed by atoms with Gasteiger partial charge in [0.1, 0.15) is 6.61 Å². The number of ether oxygens (including phenoxy) is 5. The van der Waals surface area contributed by atoms with Crippen LogP contribution in [0.5, 0.6) is 0 Å². The van der Waals surface area contributed by atoms with Gasteiger partial charge in [-0.1, -0.05) is 0 Å². The zero-order valence-corrected chi connectivity index (χ0v) is 16.5. The summed E-state index contributed by atoms with van der Waals surface area (Å²) in [4.78, 5) is 35.3. The molecule has 0 aromatic heterocycles. The molecule has 0 saturated heterocycles. The molecule has 4 N–H and O–H groups in total. The predicted octanol–water partition coefficient (Wildman–Crippen LogP) is -0.571. The molecule has 0 saturated carbocycles. The third kappa shape index (κ3) is 9.34.